The summed E-state index contributed by atoms with van der Waals surface area (Å²) >= 11 is 0. The molecule has 7 nitrogen and oxygen atoms in total. The first-order valence-corrected chi connectivity index (χ1v) is 16.0. The van der Waals surface area contributed by atoms with Gasteiger partial charge < -0.3 is 10.2 Å². The van der Waals surface area contributed by atoms with Crippen molar-refractivity contribution in [1.29, 1.82) is 0 Å². The number of hydrogen-bond acceptors (Lipinski definition) is 4. The molecule has 1 aliphatic carbocycles. The van der Waals surface area contributed by atoms with Gasteiger partial charge in [0.25, 0.3) is 10.0 Å². The van der Waals surface area contributed by atoms with Crippen molar-refractivity contribution in [2.75, 3.05) is 17.4 Å². The van der Waals surface area contributed by atoms with Gasteiger partial charge in [-0.1, -0.05) is 80.8 Å². The van der Waals surface area contributed by atoms with Gasteiger partial charge in [-0.05, 0) is 55.2 Å². The minimum Gasteiger partial charge on any atom is -0.352 e. The molecule has 3 aromatic carbocycles. The van der Waals surface area contributed by atoms with Gasteiger partial charge in [-0.15, -0.1) is 0 Å². The van der Waals surface area contributed by atoms with E-state index in [-0.39, 0.29) is 30.8 Å². The summed E-state index contributed by atoms with van der Waals surface area (Å²) in [5, 5.41) is 4.85. The molecule has 1 aliphatic heterocycles. The van der Waals surface area contributed by atoms with E-state index < -0.39 is 16.1 Å². The second kappa shape index (κ2) is 12.4. The molecule has 0 saturated heterocycles. The summed E-state index contributed by atoms with van der Waals surface area (Å²) < 4.78 is 28.1. The minimum absolute atomic E-state index is 0.0833. The van der Waals surface area contributed by atoms with E-state index in [1.54, 1.807) is 17.0 Å². The van der Waals surface area contributed by atoms with Crippen LogP contribution in [-0.2, 0) is 26.0 Å². The van der Waals surface area contributed by atoms with E-state index in [2.05, 4.69) is 5.32 Å². The van der Waals surface area contributed by atoms with Crippen LogP contribution >= 0.6 is 0 Å². The lowest BCUT2D eigenvalue weighted by molar-refractivity contribution is -0.141. The summed E-state index contributed by atoms with van der Waals surface area (Å²) in [6.07, 6.45) is 7.13. The lowest BCUT2D eigenvalue weighted by Gasteiger charge is -2.33. The molecule has 2 amide bonds. The zero-order valence-electron chi connectivity index (χ0n) is 23.2. The molecule has 1 heterocycles. The van der Waals surface area contributed by atoms with E-state index in [4.69, 9.17) is 0 Å². The van der Waals surface area contributed by atoms with E-state index in [0.717, 1.165) is 42.0 Å². The summed E-state index contributed by atoms with van der Waals surface area (Å²) in [7, 11) is -3.67. The highest BCUT2D eigenvalue weighted by atomic mass is 32.2. The van der Waals surface area contributed by atoms with Crippen LogP contribution in [0, 0.1) is 0 Å². The average Bonchev–Trinajstić information content (AvgIpc) is 3.19. The molecule has 0 radical (unpaired) electrons. The fraction of sp³-hybridized carbons (Fsp3) is 0.438. The van der Waals surface area contributed by atoms with Crippen LogP contribution in [0.3, 0.4) is 0 Å². The van der Waals surface area contributed by atoms with Crippen molar-refractivity contribution in [3.05, 3.63) is 72.3 Å². The van der Waals surface area contributed by atoms with Crippen LogP contribution in [0.2, 0.25) is 0 Å². The van der Waals surface area contributed by atoms with Crippen molar-refractivity contribution in [3.63, 3.8) is 0 Å². The van der Waals surface area contributed by atoms with Crippen LogP contribution in [0.5, 0.6) is 0 Å². The number of carbonyl (C=O) groups excluding carboxylic acids is 2. The number of rotatable bonds is 11. The molecule has 3 aromatic rings. The molecule has 0 bridgehead atoms. The topological polar surface area (TPSA) is 86.8 Å². The third-order valence-corrected chi connectivity index (χ3v) is 10.1. The van der Waals surface area contributed by atoms with Crippen molar-refractivity contribution in [3.8, 4) is 0 Å². The summed E-state index contributed by atoms with van der Waals surface area (Å²) in [4.78, 5) is 29.1. The van der Waals surface area contributed by atoms with E-state index in [1.807, 2.05) is 61.5 Å². The first-order valence-electron chi connectivity index (χ1n) is 14.6. The summed E-state index contributed by atoms with van der Waals surface area (Å²) in [6.45, 7) is 2.59. The maximum atomic E-state index is 13.7. The highest BCUT2D eigenvalue weighted by molar-refractivity contribution is 7.93. The Kier molecular flexibility index (Phi) is 8.74. The number of amides is 2. The van der Waals surface area contributed by atoms with Gasteiger partial charge in [-0.3, -0.25) is 13.9 Å². The minimum atomic E-state index is -3.67. The predicted molar refractivity (Wildman–Crippen MR) is 159 cm³/mol. The van der Waals surface area contributed by atoms with Crippen LogP contribution in [0.1, 0.15) is 63.9 Å². The molecule has 212 valence electrons. The van der Waals surface area contributed by atoms with Crippen molar-refractivity contribution in [1.82, 2.24) is 10.2 Å². The maximum absolute atomic E-state index is 13.7. The number of nitrogens with zero attached hydrogens (tertiary/aromatic N) is 2. The quantitative estimate of drug-likeness (QED) is 0.338. The molecule has 0 spiro atoms. The highest BCUT2D eigenvalue weighted by Crippen LogP contribution is 2.42. The number of benzene rings is 3. The zero-order valence-corrected chi connectivity index (χ0v) is 24.0. The lowest BCUT2D eigenvalue weighted by Crippen LogP contribution is -2.52. The van der Waals surface area contributed by atoms with Crippen LogP contribution < -0.4 is 9.62 Å². The monoisotopic (exact) mass is 561 g/mol. The first kappa shape index (κ1) is 28.1. The first-order chi connectivity index (χ1) is 19.4. The van der Waals surface area contributed by atoms with Crippen LogP contribution in [0.4, 0.5) is 5.69 Å². The average molecular weight is 562 g/mol. The van der Waals surface area contributed by atoms with Gasteiger partial charge in [0.05, 0.1) is 10.6 Å². The Hall–Kier alpha value is -3.39. The SMILES string of the molecule is CCC(C(=O)NC1CCCCC1)N(CCc1ccccc1)C(=O)CCCN1c2cccc3cccc(c23)S1(=O)=O. The molecule has 2 aliphatic rings. The molecular weight excluding hydrogens is 522 g/mol. The van der Waals surface area contributed by atoms with E-state index >= 15 is 0 Å². The molecule has 1 unspecified atom stereocenters. The Morgan fingerprint density at radius 1 is 0.975 bits per heavy atom. The van der Waals surface area contributed by atoms with Gasteiger partial charge in [0.15, 0.2) is 0 Å². The molecule has 40 heavy (non-hydrogen) atoms. The molecule has 1 N–H and O–H groups in total. The molecule has 1 atom stereocenters. The zero-order chi connectivity index (χ0) is 28.1. The predicted octanol–water partition coefficient (Wildman–Crippen LogP) is 5.43. The second-order valence-electron chi connectivity index (χ2n) is 10.9. The van der Waals surface area contributed by atoms with E-state index in [1.165, 1.54) is 10.7 Å². The molecule has 8 heteroatoms. The summed E-state index contributed by atoms with van der Waals surface area (Å²) in [5.41, 5.74) is 1.77. The third kappa shape index (κ3) is 5.87. The fourth-order valence-electron chi connectivity index (χ4n) is 6.16. The number of carbonyl (C=O) groups is 2. The van der Waals surface area contributed by atoms with Crippen molar-refractivity contribution < 1.29 is 18.0 Å². The Morgan fingerprint density at radius 3 is 2.42 bits per heavy atom. The number of nitrogens with one attached hydrogen (secondary N) is 1. The largest absolute Gasteiger partial charge is 0.352 e. The smallest absolute Gasteiger partial charge is 0.265 e. The lowest BCUT2D eigenvalue weighted by atomic mass is 9.95. The third-order valence-electron chi connectivity index (χ3n) is 8.25. The molecule has 1 saturated carbocycles. The summed E-state index contributed by atoms with van der Waals surface area (Å²) in [6, 6.07) is 20.5. The van der Waals surface area contributed by atoms with E-state index in [0.29, 0.717) is 36.4 Å². The number of sulfonamides is 1. The molecular formula is C32H39N3O4S. The standard InChI is InChI=1S/C32H39N3O4S/c1-2-27(32(37)33-26-16-7-4-8-17-26)34(23-21-24-12-5-3-6-13-24)30(36)20-11-22-35-28-18-9-14-25-15-10-19-29(31(25)28)40(35,38)39/h3,5-6,9-10,12-15,18-19,26-27H,2,4,7-8,11,16-17,20-23H2,1H3,(H,33,37). The van der Waals surface area contributed by atoms with Crippen molar-refractivity contribution in [2.24, 2.45) is 0 Å². The molecule has 0 aromatic heterocycles. The fourth-order valence-corrected chi connectivity index (χ4v) is 7.91. The number of anilines is 1. The Morgan fingerprint density at radius 2 is 1.70 bits per heavy atom. The maximum Gasteiger partial charge on any atom is 0.265 e. The second-order valence-corrected chi connectivity index (χ2v) is 12.7. The Bertz CT molecular complexity index is 1450. The van der Waals surface area contributed by atoms with Gasteiger partial charge >= 0.3 is 0 Å². The van der Waals surface area contributed by atoms with Crippen molar-refractivity contribution >= 4 is 38.3 Å². The van der Waals surface area contributed by atoms with E-state index in [9.17, 15) is 18.0 Å². The van der Waals surface area contributed by atoms with Gasteiger partial charge in [0, 0.05) is 30.9 Å². The molecule has 5 rings (SSSR count). The Labute approximate surface area is 237 Å². The summed E-state index contributed by atoms with van der Waals surface area (Å²) in [5.74, 6) is -0.200. The Balaban J connectivity index is 1.29. The van der Waals surface area contributed by atoms with Crippen molar-refractivity contribution in [2.45, 2.75) is 81.7 Å². The highest BCUT2D eigenvalue weighted by Gasteiger charge is 2.36. The van der Waals surface area contributed by atoms with Gasteiger partial charge in [0.1, 0.15) is 6.04 Å². The van der Waals surface area contributed by atoms with Crippen LogP contribution in [0.25, 0.3) is 10.8 Å². The normalized spacial score (nSPS) is 17.1. The number of hydrogen-bond donors (Lipinski definition) is 1. The molecule has 1 fully saturated rings. The van der Waals surface area contributed by atoms with Crippen LogP contribution in [-0.4, -0.2) is 50.3 Å². The van der Waals surface area contributed by atoms with Gasteiger partial charge in [0.2, 0.25) is 11.8 Å². The van der Waals surface area contributed by atoms with Gasteiger partial charge in [-0.2, -0.15) is 0 Å². The van der Waals surface area contributed by atoms with Crippen LogP contribution in [0.15, 0.2) is 71.6 Å². The van der Waals surface area contributed by atoms with Gasteiger partial charge in [-0.25, -0.2) is 8.42 Å².